The molecule has 0 unspecified atom stereocenters. The van der Waals surface area contributed by atoms with Crippen molar-refractivity contribution < 1.29 is 4.79 Å². The third-order valence-electron chi connectivity index (χ3n) is 1.84. The molecular formula is C13H20O. The number of carbonyl (C=O) groups is 1. The molecule has 0 aliphatic carbocycles. The highest BCUT2D eigenvalue weighted by Gasteiger charge is 1.79. The number of allylic oxidation sites excluding steroid dienone is 5. The van der Waals surface area contributed by atoms with Gasteiger partial charge in [0.15, 0.2) is 0 Å². The molecule has 0 fully saturated rings. The molecule has 0 saturated carbocycles. The molecule has 0 aromatic heterocycles. The maximum absolute atomic E-state index is 9.98. The molecule has 0 aromatic carbocycles. The molecular weight excluding hydrogens is 172 g/mol. The number of hydrogen-bond donors (Lipinski definition) is 0. The van der Waals surface area contributed by atoms with E-state index in [1.54, 1.807) is 0 Å². The van der Waals surface area contributed by atoms with Gasteiger partial charge in [-0.25, -0.2) is 0 Å². The van der Waals surface area contributed by atoms with Crippen LogP contribution in [0.15, 0.2) is 37.0 Å². The van der Waals surface area contributed by atoms with Gasteiger partial charge in [0.25, 0.3) is 0 Å². The summed E-state index contributed by atoms with van der Waals surface area (Å²) in [4.78, 5) is 9.98. The lowest BCUT2D eigenvalue weighted by atomic mass is 10.2. The fourth-order valence-corrected chi connectivity index (χ4v) is 1.05. The van der Waals surface area contributed by atoms with Crippen LogP contribution >= 0.6 is 0 Å². The maximum Gasteiger partial charge on any atom is 0.120 e. The summed E-state index contributed by atoms with van der Waals surface area (Å²) < 4.78 is 0. The van der Waals surface area contributed by atoms with Crippen molar-refractivity contribution in [2.24, 2.45) is 0 Å². The molecule has 0 rings (SSSR count). The van der Waals surface area contributed by atoms with Crippen LogP contribution in [0.2, 0.25) is 0 Å². The Morgan fingerprint density at radius 1 is 0.857 bits per heavy atom. The summed E-state index contributed by atoms with van der Waals surface area (Å²) in [7, 11) is 0. The van der Waals surface area contributed by atoms with E-state index in [2.05, 4.69) is 30.9 Å². The topological polar surface area (TPSA) is 17.1 Å². The van der Waals surface area contributed by atoms with Gasteiger partial charge in [0, 0.05) is 6.42 Å². The van der Waals surface area contributed by atoms with Gasteiger partial charge in [0.05, 0.1) is 0 Å². The van der Waals surface area contributed by atoms with Crippen LogP contribution in [0.4, 0.5) is 0 Å². The molecule has 0 spiro atoms. The highest BCUT2D eigenvalue weighted by atomic mass is 16.1. The normalized spacial score (nSPS) is 11.1. The van der Waals surface area contributed by atoms with Gasteiger partial charge in [-0.1, -0.05) is 30.4 Å². The van der Waals surface area contributed by atoms with Crippen molar-refractivity contribution >= 4 is 6.29 Å². The van der Waals surface area contributed by atoms with E-state index in [-0.39, 0.29) is 0 Å². The van der Waals surface area contributed by atoms with Crippen LogP contribution in [0.1, 0.15) is 38.5 Å². The van der Waals surface area contributed by atoms with Crippen LogP contribution < -0.4 is 0 Å². The third kappa shape index (κ3) is 10.9. The predicted octanol–water partition coefficient (Wildman–Crippen LogP) is 3.82. The van der Waals surface area contributed by atoms with Crippen molar-refractivity contribution in [3.05, 3.63) is 37.0 Å². The van der Waals surface area contributed by atoms with E-state index in [1.807, 2.05) is 6.08 Å². The Hall–Kier alpha value is -1.11. The van der Waals surface area contributed by atoms with E-state index in [9.17, 15) is 4.79 Å². The van der Waals surface area contributed by atoms with E-state index in [1.165, 1.54) is 6.42 Å². The van der Waals surface area contributed by atoms with Crippen LogP contribution in [-0.2, 0) is 4.79 Å². The van der Waals surface area contributed by atoms with Gasteiger partial charge >= 0.3 is 0 Å². The Labute approximate surface area is 87.2 Å². The lowest BCUT2D eigenvalue weighted by Gasteiger charge is -1.88. The Bertz CT molecular complexity index is 189. The average molecular weight is 192 g/mol. The monoisotopic (exact) mass is 192 g/mol. The molecule has 0 aromatic rings. The zero-order chi connectivity index (χ0) is 10.5. The number of hydrogen-bond acceptors (Lipinski definition) is 1. The van der Waals surface area contributed by atoms with E-state index < -0.39 is 0 Å². The molecule has 78 valence electrons. The summed E-state index contributed by atoms with van der Waals surface area (Å²) >= 11 is 0. The van der Waals surface area contributed by atoms with Crippen molar-refractivity contribution in [3.63, 3.8) is 0 Å². The molecule has 0 radical (unpaired) electrons. The first-order valence-corrected chi connectivity index (χ1v) is 5.26. The molecule has 0 saturated heterocycles. The first-order chi connectivity index (χ1) is 6.91. The van der Waals surface area contributed by atoms with Crippen LogP contribution in [-0.4, -0.2) is 6.29 Å². The van der Waals surface area contributed by atoms with Crippen LogP contribution in [0, 0.1) is 0 Å². The Balaban J connectivity index is 3.20. The van der Waals surface area contributed by atoms with E-state index in [4.69, 9.17) is 0 Å². The van der Waals surface area contributed by atoms with Gasteiger partial charge in [0.2, 0.25) is 0 Å². The van der Waals surface area contributed by atoms with Gasteiger partial charge in [-0.15, -0.1) is 6.58 Å². The van der Waals surface area contributed by atoms with Crippen molar-refractivity contribution in [1.82, 2.24) is 0 Å². The fraction of sp³-hybridized carbons (Fsp3) is 0.462. The average Bonchev–Trinajstić information content (AvgIpc) is 2.21. The molecule has 14 heavy (non-hydrogen) atoms. The smallest absolute Gasteiger partial charge is 0.120 e. The zero-order valence-corrected chi connectivity index (χ0v) is 8.82. The molecule has 1 heteroatoms. The highest BCUT2D eigenvalue weighted by molar-refractivity contribution is 5.49. The predicted molar refractivity (Wildman–Crippen MR) is 62.2 cm³/mol. The summed E-state index contributed by atoms with van der Waals surface area (Å²) in [6.07, 6.45) is 17.3. The standard InChI is InChI=1S/C13H20O/c1-2-3-4-5-6-7-8-9-10-11-12-13-14/h2,6-7,9-10,13H,1,3-5,8,11-12H2/b7-6-,10-9-. The summed E-state index contributed by atoms with van der Waals surface area (Å²) in [5.74, 6) is 0. The minimum Gasteiger partial charge on any atom is -0.303 e. The van der Waals surface area contributed by atoms with Gasteiger partial charge in [-0.05, 0) is 32.1 Å². The van der Waals surface area contributed by atoms with Gasteiger partial charge < -0.3 is 4.79 Å². The van der Waals surface area contributed by atoms with Gasteiger partial charge in [-0.3, -0.25) is 0 Å². The van der Waals surface area contributed by atoms with Crippen LogP contribution in [0.5, 0.6) is 0 Å². The third-order valence-corrected chi connectivity index (χ3v) is 1.84. The molecule has 0 N–H and O–H groups in total. The summed E-state index contributed by atoms with van der Waals surface area (Å²) in [6, 6.07) is 0. The highest BCUT2D eigenvalue weighted by Crippen LogP contribution is 1.98. The molecule has 0 bridgehead atoms. The maximum atomic E-state index is 9.98. The van der Waals surface area contributed by atoms with Gasteiger partial charge in [-0.2, -0.15) is 0 Å². The summed E-state index contributed by atoms with van der Waals surface area (Å²) in [6.45, 7) is 3.67. The van der Waals surface area contributed by atoms with Crippen molar-refractivity contribution in [2.75, 3.05) is 0 Å². The minimum atomic E-state index is 0.638. The van der Waals surface area contributed by atoms with Gasteiger partial charge in [0.1, 0.15) is 6.29 Å². The zero-order valence-electron chi connectivity index (χ0n) is 8.82. The Kier molecular flexibility index (Phi) is 10.9. The first-order valence-electron chi connectivity index (χ1n) is 5.26. The molecule has 0 aliphatic heterocycles. The largest absolute Gasteiger partial charge is 0.303 e. The van der Waals surface area contributed by atoms with E-state index in [0.717, 1.165) is 32.0 Å². The van der Waals surface area contributed by atoms with Crippen LogP contribution in [0.25, 0.3) is 0 Å². The second kappa shape index (κ2) is 11.9. The lowest BCUT2D eigenvalue weighted by molar-refractivity contribution is -0.107. The Morgan fingerprint density at radius 2 is 1.57 bits per heavy atom. The second-order valence-electron chi connectivity index (χ2n) is 3.14. The molecule has 0 atom stereocenters. The number of carbonyl (C=O) groups excluding carboxylic acids is 1. The van der Waals surface area contributed by atoms with E-state index >= 15 is 0 Å². The molecule has 0 aliphatic rings. The van der Waals surface area contributed by atoms with Crippen molar-refractivity contribution in [1.29, 1.82) is 0 Å². The molecule has 0 heterocycles. The number of aldehydes is 1. The Morgan fingerprint density at radius 3 is 2.21 bits per heavy atom. The number of unbranched alkanes of at least 4 members (excludes halogenated alkanes) is 3. The molecule has 0 amide bonds. The molecule has 1 nitrogen and oxygen atoms in total. The van der Waals surface area contributed by atoms with Crippen molar-refractivity contribution in [2.45, 2.75) is 38.5 Å². The first kappa shape index (κ1) is 12.9. The summed E-state index contributed by atoms with van der Waals surface area (Å²) in [5, 5.41) is 0. The second-order valence-corrected chi connectivity index (χ2v) is 3.14. The minimum absolute atomic E-state index is 0.638. The van der Waals surface area contributed by atoms with Crippen LogP contribution in [0.3, 0.4) is 0 Å². The SMILES string of the molecule is C=CCCC/C=C\C/C=C\CCC=O. The quantitative estimate of drug-likeness (QED) is 0.308. The van der Waals surface area contributed by atoms with E-state index in [0.29, 0.717) is 6.42 Å². The summed E-state index contributed by atoms with van der Waals surface area (Å²) in [5.41, 5.74) is 0. The fourth-order valence-electron chi connectivity index (χ4n) is 1.05. The number of rotatable bonds is 9. The van der Waals surface area contributed by atoms with Crippen molar-refractivity contribution in [3.8, 4) is 0 Å². The lowest BCUT2D eigenvalue weighted by Crippen LogP contribution is -1.70.